The van der Waals surface area contributed by atoms with Crippen LogP contribution in [0.4, 0.5) is 5.69 Å². The van der Waals surface area contributed by atoms with Gasteiger partial charge < -0.3 is 10.8 Å². The van der Waals surface area contributed by atoms with Gasteiger partial charge in [0.2, 0.25) is 0 Å². The van der Waals surface area contributed by atoms with E-state index in [1.54, 1.807) is 0 Å². The molecule has 0 saturated carbocycles. The maximum atomic E-state index is 10.8. The summed E-state index contributed by atoms with van der Waals surface area (Å²) in [4.78, 5) is 10.8. The summed E-state index contributed by atoms with van der Waals surface area (Å²) in [6.45, 7) is 1.41. The van der Waals surface area contributed by atoms with Gasteiger partial charge in [-0.3, -0.25) is 4.79 Å². The molecule has 0 aliphatic heterocycles. The minimum atomic E-state index is -0.140. The van der Waals surface area contributed by atoms with E-state index in [0.29, 0.717) is 11.3 Å². The molecule has 0 atom stereocenters. The van der Waals surface area contributed by atoms with Crippen LogP contribution < -0.4 is 5.73 Å². The van der Waals surface area contributed by atoms with Crippen LogP contribution in [0.15, 0.2) is 18.2 Å². The average molecular weight is 151 g/mol. The van der Waals surface area contributed by atoms with Crippen LogP contribution in [-0.4, -0.2) is 10.9 Å². The monoisotopic (exact) mass is 151 g/mol. The predicted molar refractivity (Wildman–Crippen MR) is 42.5 cm³/mol. The van der Waals surface area contributed by atoms with Crippen LogP contribution in [0, 0.1) is 0 Å². The van der Waals surface area contributed by atoms with E-state index >= 15 is 0 Å². The fraction of sp³-hybridized carbons (Fsp3) is 0.125. The van der Waals surface area contributed by atoms with Crippen molar-refractivity contribution >= 4 is 11.5 Å². The molecule has 58 valence electrons. The van der Waals surface area contributed by atoms with Gasteiger partial charge in [-0.05, 0) is 25.1 Å². The molecular weight excluding hydrogens is 142 g/mol. The van der Waals surface area contributed by atoms with E-state index in [4.69, 9.17) is 10.8 Å². The number of Topliss-reactive ketones (excluding diaryl/α,β-unsaturated/α-hetero) is 1. The smallest absolute Gasteiger partial charge is 0.162 e. The van der Waals surface area contributed by atoms with Gasteiger partial charge in [0.05, 0.1) is 0 Å². The molecule has 3 N–H and O–H groups in total. The molecule has 11 heavy (non-hydrogen) atoms. The Morgan fingerprint density at radius 2 is 2.18 bits per heavy atom. The second-order valence-electron chi connectivity index (χ2n) is 2.33. The number of carbonyl (C=O) groups is 1. The summed E-state index contributed by atoms with van der Waals surface area (Å²) in [5.74, 6) is -0.0807. The summed E-state index contributed by atoms with van der Waals surface area (Å²) < 4.78 is 0. The third-order valence-electron chi connectivity index (χ3n) is 1.42. The van der Waals surface area contributed by atoms with Crippen molar-refractivity contribution in [3.63, 3.8) is 0 Å². The number of rotatable bonds is 1. The molecule has 3 nitrogen and oxygen atoms in total. The second kappa shape index (κ2) is 2.62. The minimum absolute atomic E-state index is 0.0596. The topological polar surface area (TPSA) is 63.3 Å². The Morgan fingerprint density at radius 3 is 2.64 bits per heavy atom. The van der Waals surface area contributed by atoms with Crippen molar-refractivity contribution in [2.24, 2.45) is 0 Å². The van der Waals surface area contributed by atoms with Crippen LogP contribution in [0.2, 0.25) is 0 Å². The van der Waals surface area contributed by atoms with Gasteiger partial charge in [0.25, 0.3) is 0 Å². The lowest BCUT2D eigenvalue weighted by Crippen LogP contribution is -1.98. The van der Waals surface area contributed by atoms with E-state index in [0.717, 1.165) is 0 Å². The van der Waals surface area contributed by atoms with E-state index < -0.39 is 0 Å². The van der Waals surface area contributed by atoms with Crippen molar-refractivity contribution in [1.29, 1.82) is 0 Å². The van der Waals surface area contributed by atoms with Gasteiger partial charge >= 0.3 is 0 Å². The van der Waals surface area contributed by atoms with E-state index in [2.05, 4.69) is 0 Å². The number of nitrogen functional groups attached to an aromatic ring is 1. The highest BCUT2D eigenvalue weighted by atomic mass is 16.3. The maximum absolute atomic E-state index is 10.8. The standard InChI is InChI=1S/C8H9NO2/c1-5(10)7-4-6(11)2-3-8(7)9/h2-4,11H,9H2,1H3. The van der Waals surface area contributed by atoms with Crippen LogP contribution >= 0.6 is 0 Å². The van der Waals surface area contributed by atoms with Crippen molar-refractivity contribution in [2.75, 3.05) is 5.73 Å². The number of nitrogens with two attached hydrogens (primary N) is 1. The van der Waals surface area contributed by atoms with Gasteiger partial charge in [-0.1, -0.05) is 0 Å². The second-order valence-corrected chi connectivity index (χ2v) is 2.33. The Balaban J connectivity index is 3.23. The zero-order chi connectivity index (χ0) is 8.43. The van der Waals surface area contributed by atoms with Crippen molar-refractivity contribution in [1.82, 2.24) is 0 Å². The Bertz CT molecular complexity index is 294. The quantitative estimate of drug-likeness (QED) is 0.360. The molecule has 0 radical (unpaired) electrons. The van der Waals surface area contributed by atoms with Gasteiger partial charge in [-0.15, -0.1) is 0 Å². The molecule has 0 aliphatic rings. The van der Waals surface area contributed by atoms with Crippen LogP contribution in [0.3, 0.4) is 0 Å². The molecule has 1 aromatic rings. The van der Waals surface area contributed by atoms with Crippen molar-refractivity contribution in [3.05, 3.63) is 23.8 Å². The van der Waals surface area contributed by atoms with Crippen LogP contribution in [0.5, 0.6) is 5.75 Å². The zero-order valence-electron chi connectivity index (χ0n) is 6.16. The first-order valence-electron chi connectivity index (χ1n) is 3.20. The third kappa shape index (κ3) is 1.49. The van der Waals surface area contributed by atoms with E-state index in [-0.39, 0.29) is 11.5 Å². The normalized spacial score (nSPS) is 9.55. The first-order valence-corrected chi connectivity index (χ1v) is 3.20. The van der Waals surface area contributed by atoms with E-state index in [1.165, 1.54) is 25.1 Å². The highest BCUT2D eigenvalue weighted by Gasteiger charge is 2.04. The molecule has 0 aliphatic carbocycles. The number of phenolic OH excluding ortho intramolecular Hbond substituents is 1. The molecule has 1 rings (SSSR count). The Labute approximate surface area is 64.5 Å². The van der Waals surface area contributed by atoms with E-state index in [9.17, 15) is 4.79 Å². The zero-order valence-corrected chi connectivity index (χ0v) is 6.16. The van der Waals surface area contributed by atoms with Crippen LogP contribution in [-0.2, 0) is 0 Å². The number of hydrogen-bond acceptors (Lipinski definition) is 3. The number of benzene rings is 1. The molecule has 0 saturated heterocycles. The summed E-state index contributed by atoms with van der Waals surface area (Å²) in [5.41, 5.74) is 6.22. The van der Waals surface area contributed by atoms with E-state index in [1.807, 2.05) is 0 Å². The SMILES string of the molecule is CC(=O)c1cc(O)ccc1N. The fourth-order valence-corrected chi connectivity index (χ4v) is 0.849. The maximum Gasteiger partial charge on any atom is 0.162 e. The highest BCUT2D eigenvalue weighted by Crippen LogP contribution is 2.18. The van der Waals surface area contributed by atoms with Gasteiger partial charge in [0.1, 0.15) is 5.75 Å². The molecular formula is C8H9NO2. The Kier molecular flexibility index (Phi) is 1.81. The molecule has 0 unspecified atom stereocenters. The number of carbonyl (C=O) groups excluding carboxylic acids is 1. The molecule has 0 spiro atoms. The van der Waals surface area contributed by atoms with Gasteiger partial charge in [-0.2, -0.15) is 0 Å². The number of aromatic hydroxyl groups is 1. The highest BCUT2D eigenvalue weighted by molar-refractivity contribution is 5.99. The van der Waals surface area contributed by atoms with Gasteiger partial charge in [-0.25, -0.2) is 0 Å². The fourth-order valence-electron chi connectivity index (χ4n) is 0.849. The Morgan fingerprint density at radius 1 is 1.55 bits per heavy atom. The summed E-state index contributed by atoms with van der Waals surface area (Å²) in [7, 11) is 0. The summed E-state index contributed by atoms with van der Waals surface area (Å²) in [6, 6.07) is 4.31. The summed E-state index contributed by atoms with van der Waals surface area (Å²) >= 11 is 0. The molecule has 0 aromatic heterocycles. The Hall–Kier alpha value is -1.51. The van der Waals surface area contributed by atoms with Crippen molar-refractivity contribution in [3.8, 4) is 5.75 Å². The third-order valence-corrected chi connectivity index (χ3v) is 1.42. The number of phenols is 1. The summed E-state index contributed by atoms with van der Waals surface area (Å²) in [5, 5.41) is 8.98. The summed E-state index contributed by atoms with van der Waals surface area (Å²) in [6.07, 6.45) is 0. The minimum Gasteiger partial charge on any atom is -0.508 e. The molecule has 0 amide bonds. The molecule has 0 fully saturated rings. The lowest BCUT2D eigenvalue weighted by molar-refractivity contribution is 0.101. The molecule has 3 heteroatoms. The first-order chi connectivity index (χ1) is 5.11. The van der Waals surface area contributed by atoms with Gasteiger partial charge in [0, 0.05) is 11.3 Å². The van der Waals surface area contributed by atoms with Crippen LogP contribution in [0.1, 0.15) is 17.3 Å². The number of hydrogen-bond donors (Lipinski definition) is 2. The van der Waals surface area contributed by atoms with Gasteiger partial charge in [0.15, 0.2) is 5.78 Å². The molecule has 0 heterocycles. The van der Waals surface area contributed by atoms with Crippen molar-refractivity contribution < 1.29 is 9.90 Å². The average Bonchev–Trinajstić information content (AvgIpc) is 1.94. The predicted octanol–water partition coefficient (Wildman–Crippen LogP) is 1.18. The lowest BCUT2D eigenvalue weighted by Gasteiger charge is -2.00. The lowest BCUT2D eigenvalue weighted by atomic mass is 10.1. The molecule has 1 aromatic carbocycles. The largest absolute Gasteiger partial charge is 0.508 e. The first kappa shape index (κ1) is 7.60. The molecule has 0 bridgehead atoms. The number of anilines is 1. The number of ketones is 1. The van der Waals surface area contributed by atoms with Crippen molar-refractivity contribution in [2.45, 2.75) is 6.92 Å². The van der Waals surface area contributed by atoms with Crippen LogP contribution in [0.25, 0.3) is 0 Å².